The van der Waals surface area contributed by atoms with Crippen molar-refractivity contribution in [3.63, 3.8) is 0 Å². The number of aryl methyl sites for hydroxylation is 1. The molecule has 0 spiro atoms. The highest BCUT2D eigenvalue weighted by Crippen LogP contribution is 2.29. The Morgan fingerprint density at radius 3 is 2.81 bits per heavy atom. The summed E-state index contributed by atoms with van der Waals surface area (Å²) in [5.74, 6) is 0.824. The summed E-state index contributed by atoms with van der Waals surface area (Å²) < 4.78 is 1.83. The number of aromatic nitrogens is 4. The molecule has 4 aromatic heterocycles. The fourth-order valence-electron chi connectivity index (χ4n) is 1.98. The molecule has 0 aliphatic rings. The molecule has 0 atom stereocenters. The van der Waals surface area contributed by atoms with Crippen LogP contribution in [0.15, 0.2) is 29.0 Å². The van der Waals surface area contributed by atoms with Gasteiger partial charge in [0.2, 0.25) is 4.96 Å². The largest absolute Gasteiger partial charge is 0.235 e. The monoisotopic (exact) mass is 330 g/mol. The Hall–Kier alpha value is -1.83. The van der Waals surface area contributed by atoms with Gasteiger partial charge in [-0.1, -0.05) is 17.4 Å². The normalized spacial score (nSPS) is 11.9. The van der Waals surface area contributed by atoms with Crippen molar-refractivity contribution in [1.29, 1.82) is 0 Å². The summed E-state index contributed by atoms with van der Waals surface area (Å²) in [4.78, 5) is 3.17. The predicted molar refractivity (Wildman–Crippen MR) is 90.0 cm³/mol. The maximum atomic E-state index is 4.60. The smallest absolute Gasteiger partial charge is 0.181 e. The van der Waals surface area contributed by atoms with Crippen LogP contribution in [0.1, 0.15) is 15.4 Å². The maximum absolute atomic E-state index is 4.60. The number of nitrogens with zero attached hydrogens (tertiary/aromatic N) is 4. The van der Waals surface area contributed by atoms with E-state index in [1.54, 1.807) is 34.0 Å². The van der Waals surface area contributed by atoms with Gasteiger partial charge in [-0.05, 0) is 47.5 Å². The lowest BCUT2D eigenvalue weighted by molar-refractivity contribution is 0.961. The molecule has 0 fully saturated rings. The molecule has 4 heterocycles. The number of rotatable bonds is 3. The molecule has 7 heteroatoms. The minimum Gasteiger partial charge on any atom is -0.181 e. The molecule has 0 saturated carbocycles. The number of hydrogen-bond donors (Lipinski definition) is 0. The third kappa shape index (κ3) is 2.33. The van der Waals surface area contributed by atoms with Crippen molar-refractivity contribution in [2.75, 3.05) is 0 Å². The van der Waals surface area contributed by atoms with Crippen LogP contribution in [-0.2, 0) is 0 Å². The summed E-state index contributed by atoms with van der Waals surface area (Å²) >= 11 is 4.92. The Morgan fingerprint density at radius 1 is 1.10 bits per heavy atom. The van der Waals surface area contributed by atoms with Crippen LogP contribution < -0.4 is 0 Å². The predicted octanol–water partition coefficient (Wildman–Crippen LogP) is 4.45. The summed E-state index contributed by atoms with van der Waals surface area (Å²) in [6.45, 7) is 2.08. The van der Waals surface area contributed by atoms with Crippen molar-refractivity contribution in [3.05, 3.63) is 44.4 Å². The molecule has 0 aliphatic heterocycles. The van der Waals surface area contributed by atoms with Crippen LogP contribution in [0, 0.1) is 6.92 Å². The molecule has 0 amide bonds. The van der Waals surface area contributed by atoms with Crippen LogP contribution in [-0.4, -0.2) is 19.8 Å². The van der Waals surface area contributed by atoms with Gasteiger partial charge >= 0.3 is 0 Å². The van der Waals surface area contributed by atoms with Crippen molar-refractivity contribution < 1.29 is 0 Å². The lowest BCUT2D eigenvalue weighted by Gasteiger charge is -1.93. The van der Waals surface area contributed by atoms with Crippen LogP contribution >= 0.6 is 34.0 Å². The van der Waals surface area contributed by atoms with E-state index in [1.165, 1.54) is 10.4 Å². The zero-order valence-electron chi connectivity index (χ0n) is 11.1. The van der Waals surface area contributed by atoms with Crippen molar-refractivity contribution in [2.24, 2.45) is 0 Å². The van der Waals surface area contributed by atoms with E-state index in [9.17, 15) is 0 Å². The molecule has 0 saturated heterocycles. The second-order valence-electron chi connectivity index (χ2n) is 4.44. The molecule has 0 radical (unpaired) electrons. The first kappa shape index (κ1) is 12.9. The Balaban J connectivity index is 1.74. The summed E-state index contributed by atoms with van der Waals surface area (Å²) in [6.07, 6.45) is 4.10. The van der Waals surface area contributed by atoms with Gasteiger partial charge in [-0.25, -0.2) is 0 Å². The van der Waals surface area contributed by atoms with Crippen molar-refractivity contribution in [1.82, 2.24) is 19.8 Å². The van der Waals surface area contributed by atoms with E-state index in [0.717, 1.165) is 20.7 Å². The van der Waals surface area contributed by atoms with Gasteiger partial charge in [0.25, 0.3) is 0 Å². The van der Waals surface area contributed by atoms with Crippen LogP contribution in [0.25, 0.3) is 27.8 Å². The van der Waals surface area contributed by atoms with Gasteiger partial charge in [0.1, 0.15) is 5.01 Å². The highest BCUT2D eigenvalue weighted by atomic mass is 32.1. The summed E-state index contributed by atoms with van der Waals surface area (Å²) in [5, 5.41) is 18.2. The van der Waals surface area contributed by atoms with E-state index in [0.29, 0.717) is 0 Å². The van der Waals surface area contributed by atoms with Gasteiger partial charge in [0.15, 0.2) is 5.82 Å². The summed E-state index contributed by atoms with van der Waals surface area (Å²) in [5.41, 5.74) is 1.21. The van der Waals surface area contributed by atoms with Crippen molar-refractivity contribution in [3.8, 4) is 10.7 Å². The summed E-state index contributed by atoms with van der Waals surface area (Å²) in [7, 11) is 0. The number of thiophene rings is 2. The van der Waals surface area contributed by atoms with Gasteiger partial charge < -0.3 is 0 Å². The van der Waals surface area contributed by atoms with E-state index in [4.69, 9.17) is 0 Å². The Morgan fingerprint density at radius 2 is 2.05 bits per heavy atom. The molecule has 0 aromatic carbocycles. The third-order valence-corrected chi connectivity index (χ3v) is 5.72. The maximum Gasteiger partial charge on any atom is 0.235 e. The molecule has 104 valence electrons. The highest BCUT2D eigenvalue weighted by Gasteiger charge is 2.15. The van der Waals surface area contributed by atoms with Gasteiger partial charge in [-0.15, -0.1) is 32.9 Å². The first-order chi connectivity index (χ1) is 10.3. The van der Waals surface area contributed by atoms with Crippen LogP contribution in [0.2, 0.25) is 0 Å². The van der Waals surface area contributed by atoms with Crippen LogP contribution in [0.4, 0.5) is 0 Å². The molecule has 4 rings (SSSR count). The molecule has 4 aromatic rings. The van der Waals surface area contributed by atoms with Crippen molar-refractivity contribution in [2.45, 2.75) is 6.92 Å². The molecule has 0 unspecified atom stereocenters. The van der Waals surface area contributed by atoms with E-state index in [-0.39, 0.29) is 0 Å². The number of fused-ring (bicyclic) bond motifs is 1. The Labute approximate surface area is 133 Å². The van der Waals surface area contributed by atoms with Gasteiger partial charge in [0.05, 0.1) is 4.88 Å². The SMILES string of the molecule is Cc1ccsc1-c1nnc2sc(C=Cc3cccs3)nn12. The van der Waals surface area contributed by atoms with E-state index >= 15 is 0 Å². The lowest BCUT2D eigenvalue weighted by atomic mass is 10.3. The first-order valence-electron chi connectivity index (χ1n) is 6.29. The molecule has 0 bridgehead atoms. The molecule has 0 aliphatic carbocycles. The minimum atomic E-state index is 0.823. The standard InChI is InChI=1S/C14H10N4S3/c1-9-6-8-20-12(9)13-15-16-14-18(13)17-11(21-14)5-4-10-3-2-7-19-10/h2-8H,1H3. The van der Waals surface area contributed by atoms with Gasteiger partial charge in [-0.3, -0.25) is 0 Å². The Kier molecular flexibility index (Phi) is 3.17. The fraction of sp³-hybridized carbons (Fsp3) is 0.0714. The zero-order valence-corrected chi connectivity index (χ0v) is 13.5. The average Bonchev–Trinajstić information content (AvgIpc) is 3.20. The van der Waals surface area contributed by atoms with Crippen molar-refractivity contribution >= 4 is 51.1 Å². The second kappa shape index (κ2) is 5.18. The fourth-order valence-corrected chi connectivity index (χ4v) is 4.24. The second-order valence-corrected chi connectivity index (χ2v) is 7.32. The molecule has 0 N–H and O–H groups in total. The quantitative estimate of drug-likeness (QED) is 0.557. The van der Waals surface area contributed by atoms with Gasteiger partial charge in [0, 0.05) is 4.88 Å². The van der Waals surface area contributed by atoms with E-state index < -0.39 is 0 Å². The van der Waals surface area contributed by atoms with Gasteiger partial charge in [-0.2, -0.15) is 9.61 Å². The van der Waals surface area contributed by atoms with Crippen LogP contribution in [0.3, 0.4) is 0 Å². The lowest BCUT2D eigenvalue weighted by Crippen LogP contribution is -1.89. The molecular weight excluding hydrogens is 320 g/mol. The topological polar surface area (TPSA) is 43.1 Å². The number of hydrogen-bond acceptors (Lipinski definition) is 6. The summed E-state index contributed by atoms with van der Waals surface area (Å²) in [6, 6.07) is 6.22. The minimum absolute atomic E-state index is 0.823. The first-order valence-corrected chi connectivity index (χ1v) is 8.87. The molecular formula is C14H10N4S3. The average molecular weight is 330 g/mol. The van der Waals surface area contributed by atoms with Crippen LogP contribution in [0.5, 0.6) is 0 Å². The highest BCUT2D eigenvalue weighted by molar-refractivity contribution is 7.17. The van der Waals surface area contributed by atoms with E-state index in [2.05, 4.69) is 51.2 Å². The molecule has 4 nitrogen and oxygen atoms in total. The van der Waals surface area contributed by atoms with E-state index in [1.807, 2.05) is 16.7 Å². The molecule has 21 heavy (non-hydrogen) atoms. The third-order valence-electron chi connectivity index (χ3n) is 3.01. The zero-order chi connectivity index (χ0) is 14.2. The Bertz CT molecular complexity index is 911.